The molecule has 0 radical (unpaired) electrons. The zero-order chi connectivity index (χ0) is 20.3. The Bertz CT molecular complexity index is 935. The minimum absolute atomic E-state index is 0.140. The van der Waals surface area contributed by atoms with Crippen LogP contribution in [0.3, 0.4) is 0 Å². The van der Waals surface area contributed by atoms with Gasteiger partial charge in [-0.2, -0.15) is 4.31 Å². The van der Waals surface area contributed by atoms with Crippen LogP contribution < -0.4 is 5.32 Å². The first kappa shape index (κ1) is 21.2. The molecule has 152 valence electrons. The van der Waals surface area contributed by atoms with Crippen molar-refractivity contribution in [2.75, 3.05) is 24.2 Å². The van der Waals surface area contributed by atoms with Crippen LogP contribution in [0.5, 0.6) is 0 Å². The SMILES string of the molecule is CCSc1nnc(NC(=O)c2cccc(S(=O)(=O)N3C[C@H](C)C[C@@H](C)C3)c2)s1. The molecule has 1 saturated heterocycles. The molecule has 0 saturated carbocycles. The molecule has 0 unspecified atom stereocenters. The lowest BCUT2D eigenvalue weighted by Crippen LogP contribution is -2.42. The number of benzene rings is 1. The fourth-order valence-electron chi connectivity index (χ4n) is 3.36. The molecule has 2 heterocycles. The lowest BCUT2D eigenvalue weighted by molar-refractivity contribution is 0.102. The molecule has 3 rings (SSSR count). The molecule has 2 aromatic rings. The summed E-state index contributed by atoms with van der Waals surface area (Å²) in [4.78, 5) is 12.7. The van der Waals surface area contributed by atoms with Crippen molar-refractivity contribution in [3.8, 4) is 0 Å². The van der Waals surface area contributed by atoms with Crippen LogP contribution in [0.1, 0.15) is 37.6 Å². The van der Waals surface area contributed by atoms with E-state index in [1.165, 1.54) is 27.8 Å². The lowest BCUT2D eigenvalue weighted by Gasteiger charge is -2.34. The summed E-state index contributed by atoms with van der Waals surface area (Å²) in [7, 11) is -3.64. The summed E-state index contributed by atoms with van der Waals surface area (Å²) in [6.07, 6.45) is 1.02. The van der Waals surface area contributed by atoms with Crippen LogP contribution in [0, 0.1) is 11.8 Å². The molecule has 7 nitrogen and oxygen atoms in total. The Labute approximate surface area is 174 Å². The molecule has 1 amide bonds. The quantitative estimate of drug-likeness (QED) is 0.545. The number of sulfonamides is 1. The van der Waals surface area contributed by atoms with E-state index in [-0.39, 0.29) is 10.5 Å². The van der Waals surface area contributed by atoms with Crippen molar-refractivity contribution in [2.24, 2.45) is 11.8 Å². The molecule has 28 heavy (non-hydrogen) atoms. The van der Waals surface area contributed by atoms with Crippen LogP contribution >= 0.6 is 23.1 Å². The van der Waals surface area contributed by atoms with E-state index >= 15 is 0 Å². The maximum absolute atomic E-state index is 13.1. The van der Waals surface area contributed by atoms with Crippen molar-refractivity contribution >= 4 is 44.2 Å². The Hall–Kier alpha value is -1.49. The van der Waals surface area contributed by atoms with Crippen molar-refractivity contribution < 1.29 is 13.2 Å². The fraction of sp³-hybridized carbons (Fsp3) is 0.500. The van der Waals surface area contributed by atoms with Gasteiger partial charge >= 0.3 is 0 Å². The lowest BCUT2D eigenvalue weighted by atomic mass is 9.94. The number of carbonyl (C=O) groups is 1. The monoisotopic (exact) mass is 440 g/mol. The van der Waals surface area contributed by atoms with Gasteiger partial charge in [0.05, 0.1) is 4.90 Å². The Kier molecular flexibility index (Phi) is 6.74. The third-order valence-corrected chi connectivity index (χ3v) is 8.15. The second kappa shape index (κ2) is 8.89. The Morgan fingerprint density at radius 1 is 1.29 bits per heavy atom. The molecule has 0 aliphatic carbocycles. The van der Waals surface area contributed by atoms with E-state index in [2.05, 4.69) is 29.4 Å². The van der Waals surface area contributed by atoms with Crippen molar-refractivity contribution in [1.82, 2.24) is 14.5 Å². The van der Waals surface area contributed by atoms with Gasteiger partial charge in [0.2, 0.25) is 15.2 Å². The Balaban J connectivity index is 1.78. The van der Waals surface area contributed by atoms with E-state index in [9.17, 15) is 13.2 Å². The number of thioether (sulfide) groups is 1. The zero-order valence-corrected chi connectivity index (χ0v) is 18.5. The van der Waals surface area contributed by atoms with Gasteiger partial charge in [-0.15, -0.1) is 10.2 Å². The number of hydrogen-bond donors (Lipinski definition) is 1. The average molecular weight is 441 g/mol. The normalized spacial score (nSPS) is 20.8. The van der Waals surface area contributed by atoms with E-state index in [1.807, 2.05) is 6.92 Å². The molecular weight excluding hydrogens is 416 g/mol. The number of nitrogens with one attached hydrogen (secondary N) is 1. The maximum Gasteiger partial charge on any atom is 0.257 e. The number of carbonyl (C=O) groups excluding carboxylic acids is 1. The number of hydrogen-bond acceptors (Lipinski definition) is 7. The third-order valence-electron chi connectivity index (χ3n) is 4.46. The number of rotatable bonds is 6. The van der Waals surface area contributed by atoms with Gasteiger partial charge in [-0.3, -0.25) is 10.1 Å². The van der Waals surface area contributed by atoms with E-state index in [0.717, 1.165) is 16.5 Å². The van der Waals surface area contributed by atoms with Crippen LogP contribution in [0.2, 0.25) is 0 Å². The van der Waals surface area contributed by atoms with E-state index < -0.39 is 15.9 Å². The molecule has 1 fully saturated rings. The summed E-state index contributed by atoms with van der Waals surface area (Å²) in [5, 5.41) is 11.0. The molecule has 1 aromatic carbocycles. The zero-order valence-electron chi connectivity index (χ0n) is 16.1. The molecule has 10 heteroatoms. The molecular formula is C18H24N4O3S3. The average Bonchev–Trinajstić information content (AvgIpc) is 3.08. The smallest absolute Gasteiger partial charge is 0.257 e. The summed E-state index contributed by atoms with van der Waals surface area (Å²) in [5.74, 6) is 1.10. The van der Waals surface area contributed by atoms with Crippen molar-refractivity contribution in [2.45, 2.75) is 36.4 Å². The topological polar surface area (TPSA) is 92.3 Å². The van der Waals surface area contributed by atoms with Gasteiger partial charge in [0.25, 0.3) is 5.91 Å². The van der Waals surface area contributed by atoms with E-state index in [1.54, 1.807) is 23.9 Å². The second-order valence-electron chi connectivity index (χ2n) is 7.06. The number of nitrogens with zero attached hydrogens (tertiary/aromatic N) is 3. The van der Waals surface area contributed by atoms with Gasteiger partial charge in [0, 0.05) is 18.7 Å². The van der Waals surface area contributed by atoms with Crippen LogP contribution in [0.4, 0.5) is 5.13 Å². The first-order chi connectivity index (χ1) is 13.3. The number of piperidine rings is 1. The highest BCUT2D eigenvalue weighted by Crippen LogP contribution is 2.28. The van der Waals surface area contributed by atoms with Crippen molar-refractivity contribution in [3.05, 3.63) is 29.8 Å². The minimum Gasteiger partial charge on any atom is -0.296 e. The van der Waals surface area contributed by atoms with Gasteiger partial charge in [-0.1, -0.05) is 49.9 Å². The van der Waals surface area contributed by atoms with E-state index in [0.29, 0.717) is 30.1 Å². The second-order valence-corrected chi connectivity index (χ2v) is 11.5. The summed E-state index contributed by atoms with van der Waals surface area (Å²) in [5.41, 5.74) is 0.277. The largest absolute Gasteiger partial charge is 0.296 e. The summed E-state index contributed by atoms with van der Waals surface area (Å²) < 4.78 is 28.4. The summed E-state index contributed by atoms with van der Waals surface area (Å²) in [6.45, 7) is 7.15. The van der Waals surface area contributed by atoms with Gasteiger partial charge in [0.1, 0.15) is 0 Å². The predicted molar refractivity (Wildman–Crippen MR) is 112 cm³/mol. The first-order valence-corrected chi connectivity index (χ1v) is 12.4. The Morgan fingerprint density at radius 3 is 2.68 bits per heavy atom. The highest BCUT2D eigenvalue weighted by Gasteiger charge is 2.32. The van der Waals surface area contributed by atoms with Crippen LogP contribution in [0.25, 0.3) is 0 Å². The molecule has 1 N–H and O–H groups in total. The summed E-state index contributed by atoms with van der Waals surface area (Å²) in [6, 6.07) is 6.16. The third kappa shape index (κ3) is 4.91. The predicted octanol–water partition coefficient (Wildman–Crippen LogP) is 3.57. The molecule has 1 aliphatic heterocycles. The standard InChI is InChI=1S/C18H24N4O3S3/c1-4-26-18-21-20-17(27-18)19-16(23)14-6-5-7-15(9-14)28(24,25)22-10-12(2)8-13(3)11-22/h5-7,9,12-13H,4,8,10-11H2,1-3H3,(H,19,20,23)/t12-,13-/m1/s1. The van der Waals surface area contributed by atoms with Crippen molar-refractivity contribution in [3.63, 3.8) is 0 Å². The number of anilines is 1. The number of amides is 1. The number of aromatic nitrogens is 2. The highest BCUT2D eigenvalue weighted by molar-refractivity contribution is 8.01. The van der Waals surface area contributed by atoms with Gasteiger partial charge in [0.15, 0.2) is 4.34 Å². The van der Waals surface area contributed by atoms with Crippen LogP contribution in [-0.2, 0) is 10.0 Å². The highest BCUT2D eigenvalue weighted by atomic mass is 32.2. The fourth-order valence-corrected chi connectivity index (χ4v) is 6.73. The maximum atomic E-state index is 13.1. The van der Waals surface area contributed by atoms with Crippen molar-refractivity contribution in [1.29, 1.82) is 0 Å². The summed E-state index contributed by atoms with van der Waals surface area (Å²) >= 11 is 2.85. The molecule has 1 aliphatic rings. The molecule has 2 atom stereocenters. The molecule has 0 bridgehead atoms. The van der Waals surface area contributed by atoms with E-state index in [4.69, 9.17) is 0 Å². The van der Waals surface area contributed by atoms with Gasteiger partial charge in [-0.05, 0) is 42.2 Å². The molecule has 0 spiro atoms. The van der Waals surface area contributed by atoms with Crippen LogP contribution in [0.15, 0.2) is 33.5 Å². The Morgan fingerprint density at radius 2 is 2.00 bits per heavy atom. The van der Waals surface area contributed by atoms with Gasteiger partial charge in [-0.25, -0.2) is 8.42 Å². The first-order valence-electron chi connectivity index (χ1n) is 9.17. The minimum atomic E-state index is -3.64. The molecule has 1 aromatic heterocycles. The van der Waals surface area contributed by atoms with Gasteiger partial charge < -0.3 is 0 Å². The van der Waals surface area contributed by atoms with Crippen LogP contribution in [-0.4, -0.2) is 47.7 Å².